The van der Waals surface area contributed by atoms with Crippen LogP contribution in [0.1, 0.15) is 41.4 Å². The summed E-state index contributed by atoms with van der Waals surface area (Å²) >= 11 is 7.66. The summed E-state index contributed by atoms with van der Waals surface area (Å²) in [7, 11) is 0. The fraction of sp³-hybridized carbons (Fsp3) is 0.208. The number of nitrogens with one attached hydrogen (secondary N) is 1. The fourth-order valence-corrected chi connectivity index (χ4v) is 3.81. The Morgan fingerprint density at radius 2 is 1.66 bits per heavy atom. The van der Waals surface area contributed by atoms with Gasteiger partial charge >= 0.3 is 0 Å². The van der Waals surface area contributed by atoms with E-state index in [2.05, 4.69) is 5.32 Å². The highest BCUT2D eigenvalue weighted by Gasteiger charge is 2.11. The van der Waals surface area contributed by atoms with Crippen LogP contribution in [0.25, 0.3) is 0 Å². The normalized spacial score (nSPS) is 11.7. The summed E-state index contributed by atoms with van der Waals surface area (Å²) in [6.45, 7) is 4.57. The number of halogens is 1. The van der Waals surface area contributed by atoms with E-state index in [-0.39, 0.29) is 11.9 Å². The van der Waals surface area contributed by atoms with Gasteiger partial charge in [-0.05, 0) is 73.5 Å². The lowest BCUT2D eigenvalue weighted by atomic mass is 10.1. The first-order chi connectivity index (χ1) is 14.0. The van der Waals surface area contributed by atoms with Crippen LogP contribution in [0.5, 0.6) is 5.75 Å². The molecule has 0 aliphatic heterocycles. The van der Waals surface area contributed by atoms with E-state index in [1.165, 1.54) is 10.5 Å². The predicted molar refractivity (Wildman–Crippen MR) is 121 cm³/mol. The van der Waals surface area contributed by atoms with Crippen LogP contribution in [0, 0.1) is 0 Å². The molecule has 29 heavy (non-hydrogen) atoms. The lowest BCUT2D eigenvalue weighted by molar-refractivity contribution is 0.0940. The summed E-state index contributed by atoms with van der Waals surface area (Å²) in [6.07, 6.45) is 0. The van der Waals surface area contributed by atoms with Gasteiger partial charge in [0.15, 0.2) is 0 Å². The minimum atomic E-state index is -0.0849. The first kappa shape index (κ1) is 21.3. The Bertz CT molecular complexity index is 925. The molecular formula is C24H24ClNO2S. The Labute approximate surface area is 181 Å². The molecule has 0 unspecified atom stereocenters. The summed E-state index contributed by atoms with van der Waals surface area (Å²) in [5, 5.41) is 3.79. The van der Waals surface area contributed by atoms with Crippen molar-refractivity contribution in [2.75, 3.05) is 6.61 Å². The average Bonchev–Trinajstić information content (AvgIpc) is 2.74. The maximum atomic E-state index is 12.6. The zero-order valence-corrected chi connectivity index (χ0v) is 18.1. The van der Waals surface area contributed by atoms with Gasteiger partial charge in [0.25, 0.3) is 5.91 Å². The summed E-state index contributed by atoms with van der Waals surface area (Å²) in [5.41, 5.74) is 2.86. The third-order valence-corrected chi connectivity index (χ3v) is 5.81. The maximum absolute atomic E-state index is 12.6. The van der Waals surface area contributed by atoms with Gasteiger partial charge in [0, 0.05) is 21.2 Å². The number of hydrogen-bond donors (Lipinski definition) is 1. The molecular weight excluding hydrogens is 402 g/mol. The van der Waals surface area contributed by atoms with E-state index in [4.69, 9.17) is 16.3 Å². The lowest BCUT2D eigenvalue weighted by Gasteiger charge is -2.15. The molecule has 1 amide bonds. The van der Waals surface area contributed by atoms with Gasteiger partial charge in [-0.1, -0.05) is 35.9 Å². The van der Waals surface area contributed by atoms with Crippen molar-refractivity contribution in [1.82, 2.24) is 5.32 Å². The number of hydrogen-bond acceptors (Lipinski definition) is 3. The Morgan fingerprint density at radius 1 is 1.00 bits per heavy atom. The summed E-state index contributed by atoms with van der Waals surface area (Å²) in [4.78, 5) is 13.7. The molecule has 1 N–H and O–H groups in total. The third kappa shape index (κ3) is 6.28. The summed E-state index contributed by atoms with van der Waals surface area (Å²) in [6, 6.07) is 23.3. The zero-order valence-electron chi connectivity index (χ0n) is 16.5. The van der Waals surface area contributed by atoms with Crippen molar-refractivity contribution in [2.24, 2.45) is 0 Å². The van der Waals surface area contributed by atoms with Gasteiger partial charge in [0.1, 0.15) is 5.75 Å². The van der Waals surface area contributed by atoms with Gasteiger partial charge < -0.3 is 10.1 Å². The second-order valence-corrected chi connectivity index (χ2v) is 8.12. The quantitative estimate of drug-likeness (QED) is 0.417. The molecule has 0 heterocycles. The van der Waals surface area contributed by atoms with Crippen molar-refractivity contribution in [3.63, 3.8) is 0 Å². The zero-order chi connectivity index (χ0) is 20.6. The Hall–Kier alpha value is -2.43. The molecule has 5 heteroatoms. The van der Waals surface area contributed by atoms with Gasteiger partial charge in [-0.3, -0.25) is 4.79 Å². The highest BCUT2D eigenvalue weighted by molar-refractivity contribution is 7.98. The van der Waals surface area contributed by atoms with E-state index >= 15 is 0 Å². The van der Waals surface area contributed by atoms with Crippen LogP contribution < -0.4 is 10.1 Å². The first-order valence-corrected chi connectivity index (χ1v) is 10.9. The van der Waals surface area contributed by atoms with Crippen molar-refractivity contribution in [2.45, 2.75) is 30.5 Å². The largest absolute Gasteiger partial charge is 0.494 e. The van der Waals surface area contributed by atoms with Crippen molar-refractivity contribution in [3.05, 3.63) is 94.5 Å². The van der Waals surface area contributed by atoms with Crippen LogP contribution in [0.4, 0.5) is 0 Å². The number of thioether (sulfide) groups is 1. The van der Waals surface area contributed by atoms with Gasteiger partial charge in [0.2, 0.25) is 0 Å². The molecule has 0 saturated carbocycles. The molecule has 3 aromatic carbocycles. The number of amides is 1. The van der Waals surface area contributed by atoms with Gasteiger partial charge in [-0.15, -0.1) is 11.8 Å². The molecule has 0 aliphatic carbocycles. The fourth-order valence-electron chi connectivity index (χ4n) is 2.83. The second-order valence-electron chi connectivity index (χ2n) is 6.64. The molecule has 0 saturated heterocycles. The SMILES string of the molecule is CCOc1ccc([C@@H](C)NC(=O)c2ccc(CSc3ccc(Cl)cc3)cc2)cc1. The van der Waals surface area contributed by atoms with Crippen LogP contribution in [0.15, 0.2) is 77.7 Å². The minimum Gasteiger partial charge on any atom is -0.494 e. The van der Waals surface area contributed by atoms with Crippen molar-refractivity contribution in [3.8, 4) is 5.75 Å². The second kappa shape index (κ2) is 10.4. The first-order valence-electron chi connectivity index (χ1n) is 9.56. The molecule has 3 aromatic rings. The van der Waals surface area contributed by atoms with E-state index < -0.39 is 0 Å². The Balaban J connectivity index is 1.54. The minimum absolute atomic E-state index is 0.0803. The highest BCUT2D eigenvalue weighted by atomic mass is 35.5. The maximum Gasteiger partial charge on any atom is 0.251 e. The van der Waals surface area contributed by atoms with Crippen molar-refractivity contribution < 1.29 is 9.53 Å². The smallest absolute Gasteiger partial charge is 0.251 e. The van der Waals surface area contributed by atoms with Crippen LogP contribution >= 0.6 is 23.4 Å². The molecule has 0 radical (unpaired) electrons. The number of benzene rings is 3. The molecule has 1 atom stereocenters. The lowest BCUT2D eigenvalue weighted by Crippen LogP contribution is -2.26. The highest BCUT2D eigenvalue weighted by Crippen LogP contribution is 2.24. The van der Waals surface area contributed by atoms with E-state index in [9.17, 15) is 4.79 Å². The van der Waals surface area contributed by atoms with Gasteiger partial charge in [0.05, 0.1) is 12.6 Å². The molecule has 3 nitrogen and oxygen atoms in total. The average molecular weight is 426 g/mol. The third-order valence-electron chi connectivity index (χ3n) is 4.47. The van der Waals surface area contributed by atoms with Crippen LogP contribution in [0.2, 0.25) is 5.02 Å². The van der Waals surface area contributed by atoms with Crippen LogP contribution in [-0.4, -0.2) is 12.5 Å². The van der Waals surface area contributed by atoms with Crippen LogP contribution in [0.3, 0.4) is 0 Å². The summed E-state index contributed by atoms with van der Waals surface area (Å²) < 4.78 is 5.46. The monoisotopic (exact) mass is 425 g/mol. The molecule has 0 aromatic heterocycles. The molecule has 3 rings (SSSR count). The molecule has 0 bridgehead atoms. The number of carbonyl (C=O) groups excluding carboxylic acids is 1. The molecule has 0 spiro atoms. The van der Waals surface area contributed by atoms with Crippen LogP contribution in [-0.2, 0) is 5.75 Å². The topological polar surface area (TPSA) is 38.3 Å². The van der Waals surface area contributed by atoms with E-state index in [1.54, 1.807) is 11.8 Å². The predicted octanol–water partition coefficient (Wildman–Crippen LogP) is 6.52. The Morgan fingerprint density at radius 3 is 2.28 bits per heavy atom. The Kier molecular flexibility index (Phi) is 7.62. The molecule has 0 aliphatic rings. The number of ether oxygens (including phenoxy) is 1. The van der Waals surface area contributed by atoms with Crippen molar-refractivity contribution in [1.29, 1.82) is 0 Å². The number of carbonyl (C=O) groups is 1. The molecule has 0 fully saturated rings. The molecule has 150 valence electrons. The van der Waals surface area contributed by atoms with E-state index in [0.717, 1.165) is 22.1 Å². The summed E-state index contributed by atoms with van der Waals surface area (Å²) in [5.74, 6) is 1.59. The van der Waals surface area contributed by atoms with E-state index in [1.807, 2.05) is 86.6 Å². The van der Waals surface area contributed by atoms with Crippen molar-refractivity contribution >= 4 is 29.3 Å². The van der Waals surface area contributed by atoms with Gasteiger partial charge in [-0.25, -0.2) is 0 Å². The number of rotatable bonds is 8. The van der Waals surface area contributed by atoms with Gasteiger partial charge in [-0.2, -0.15) is 0 Å². The standard InChI is InChI=1S/C24H24ClNO2S/c1-3-28-22-12-8-19(9-13-22)17(2)26-24(27)20-6-4-18(5-7-20)16-29-23-14-10-21(25)11-15-23/h4-15,17H,3,16H2,1-2H3,(H,26,27)/t17-/m1/s1. The van der Waals surface area contributed by atoms with E-state index in [0.29, 0.717) is 12.2 Å².